The van der Waals surface area contributed by atoms with Gasteiger partial charge >= 0.3 is 0 Å². The van der Waals surface area contributed by atoms with E-state index in [-0.39, 0.29) is 36.2 Å². The van der Waals surface area contributed by atoms with Crippen LogP contribution in [0, 0.1) is 17.6 Å². The molecule has 0 bridgehead atoms. The topological polar surface area (TPSA) is 41.1 Å². The molecule has 2 unspecified atom stereocenters. The summed E-state index contributed by atoms with van der Waals surface area (Å²) in [5.74, 6) is -2.05. The summed E-state index contributed by atoms with van der Waals surface area (Å²) in [6, 6.07) is 4.38. The van der Waals surface area contributed by atoms with Crippen LogP contribution in [0.25, 0.3) is 0 Å². The van der Waals surface area contributed by atoms with E-state index in [0.717, 1.165) is 32.0 Å². The van der Waals surface area contributed by atoms with E-state index in [2.05, 4.69) is 10.6 Å². The van der Waals surface area contributed by atoms with E-state index in [1.807, 2.05) is 0 Å². The molecule has 1 aromatic carbocycles. The highest BCUT2D eigenvalue weighted by atomic mass is 35.5. The van der Waals surface area contributed by atoms with E-state index in [1.165, 1.54) is 6.07 Å². The lowest BCUT2D eigenvalue weighted by Gasteiger charge is -2.23. The molecule has 6 heteroatoms. The van der Waals surface area contributed by atoms with Gasteiger partial charge in [0.05, 0.1) is 0 Å². The first-order chi connectivity index (χ1) is 9.66. The number of rotatable bonds is 3. The Morgan fingerprint density at radius 3 is 2.67 bits per heavy atom. The zero-order valence-corrected chi connectivity index (χ0v) is 12.4. The van der Waals surface area contributed by atoms with Crippen LogP contribution < -0.4 is 10.6 Å². The van der Waals surface area contributed by atoms with Crippen molar-refractivity contribution in [3.8, 4) is 0 Å². The highest BCUT2D eigenvalue weighted by Crippen LogP contribution is 2.48. The molecule has 2 N–H and O–H groups in total. The molecule has 0 radical (unpaired) electrons. The first-order valence-corrected chi connectivity index (χ1v) is 7.12. The third-order valence-corrected chi connectivity index (χ3v) is 4.19. The van der Waals surface area contributed by atoms with Gasteiger partial charge in [-0.05, 0) is 49.9 Å². The van der Waals surface area contributed by atoms with Crippen LogP contribution in [0.3, 0.4) is 0 Å². The maximum Gasteiger partial charge on any atom is 0.223 e. The number of hydrogen-bond acceptors (Lipinski definition) is 2. The van der Waals surface area contributed by atoms with Crippen molar-refractivity contribution in [3.05, 3.63) is 35.4 Å². The number of piperidine rings is 1. The SMILES string of the molecule is Cl.O=C(NC1CCNCC1)C1CC1c1cccc(F)c1F. The van der Waals surface area contributed by atoms with Crippen LogP contribution >= 0.6 is 12.4 Å². The summed E-state index contributed by atoms with van der Waals surface area (Å²) < 4.78 is 26.9. The Morgan fingerprint density at radius 2 is 1.95 bits per heavy atom. The average Bonchev–Trinajstić information content (AvgIpc) is 3.23. The fraction of sp³-hybridized carbons (Fsp3) is 0.533. The molecule has 21 heavy (non-hydrogen) atoms. The van der Waals surface area contributed by atoms with Gasteiger partial charge in [0.1, 0.15) is 0 Å². The minimum absolute atomic E-state index is 0. The molecule has 1 saturated heterocycles. The maximum absolute atomic E-state index is 13.7. The Balaban J connectivity index is 0.00000161. The van der Waals surface area contributed by atoms with Gasteiger partial charge in [-0.2, -0.15) is 0 Å². The van der Waals surface area contributed by atoms with Crippen LogP contribution in [0.2, 0.25) is 0 Å². The maximum atomic E-state index is 13.7. The normalized spacial score (nSPS) is 25.0. The molecular formula is C15H19ClF2N2O. The van der Waals surface area contributed by atoms with Gasteiger partial charge in [-0.1, -0.05) is 12.1 Å². The fourth-order valence-electron chi connectivity index (χ4n) is 2.91. The molecule has 0 spiro atoms. The lowest BCUT2D eigenvalue weighted by atomic mass is 10.1. The van der Waals surface area contributed by atoms with Gasteiger partial charge < -0.3 is 10.6 Å². The smallest absolute Gasteiger partial charge is 0.223 e. The van der Waals surface area contributed by atoms with Crippen molar-refractivity contribution in [2.24, 2.45) is 5.92 Å². The molecule has 2 fully saturated rings. The number of hydrogen-bond donors (Lipinski definition) is 2. The van der Waals surface area contributed by atoms with E-state index in [9.17, 15) is 13.6 Å². The molecule has 3 rings (SSSR count). The van der Waals surface area contributed by atoms with Gasteiger partial charge in [0, 0.05) is 12.0 Å². The monoisotopic (exact) mass is 316 g/mol. The van der Waals surface area contributed by atoms with Gasteiger partial charge in [0.25, 0.3) is 0 Å². The first-order valence-electron chi connectivity index (χ1n) is 7.12. The van der Waals surface area contributed by atoms with Gasteiger partial charge in [-0.15, -0.1) is 12.4 Å². The van der Waals surface area contributed by atoms with Crippen molar-refractivity contribution < 1.29 is 13.6 Å². The molecular weight excluding hydrogens is 298 g/mol. The van der Waals surface area contributed by atoms with E-state index in [4.69, 9.17) is 0 Å². The van der Waals surface area contributed by atoms with Crippen LogP contribution in [0.4, 0.5) is 8.78 Å². The molecule has 3 nitrogen and oxygen atoms in total. The molecule has 116 valence electrons. The number of carbonyl (C=O) groups is 1. The van der Waals surface area contributed by atoms with Gasteiger partial charge in [0.15, 0.2) is 11.6 Å². The first kappa shape index (κ1) is 16.2. The molecule has 1 aliphatic carbocycles. The van der Waals surface area contributed by atoms with Crippen molar-refractivity contribution in [2.75, 3.05) is 13.1 Å². The largest absolute Gasteiger partial charge is 0.353 e. The molecule has 1 amide bonds. The standard InChI is InChI=1S/C15H18F2N2O.ClH/c16-13-3-1-2-10(14(13)17)11-8-12(11)15(20)19-9-4-6-18-7-5-9;/h1-3,9,11-12,18H,4-8H2,(H,19,20);1H. The van der Waals surface area contributed by atoms with Crippen LogP contribution in [-0.4, -0.2) is 25.0 Å². The zero-order chi connectivity index (χ0) is 14.1. The number of benzene rings is 1. The van der Waals surface area contributed by atoms with Gasteiger partial charge in [-0.3, -0.25) is 4.79 Å². The molecule has 1 saturated carbocycles. The molecule has 0 aromatic heterocycles. The second-order valence-electron chi connectivity index (χ2n) is 5.62. The lowest BCUT2D eigenvalue weighted by Crippen LogP contribution is -2.43. The summed E-state index contributed by atoms with van der Waals surface area (Å²) in [5.41, 5.74) is 0.329. The van der Waals surface area contributed by atoms with E-state index in [0.29, 0.717) is 12.0 Å². The van der Waals surface area contributed by atoms with Crippen molar-refractivity contribution in [1.29, 1.82) is 0 Å². The van der Waals surface area contributed by atoms with Gasteiger partial charge in [0.2, 0.25) is 5.91 Å². The van der Waals surface area contributed by atoms with Crippen molar-refractivity contribution in [1.82, 2.24) is 10.6 Å². The summed E-state index contributed by atoms with van der Waals surface area (Å²) in [6.07, 6.45) is 2.46. The lowest BCUT2D eigenvalue weighted by molar-refractivity contribution is -0.123. The minimum Gasteiger partial charge on any atom is -0.353 e. The van der Waals surface area contributed by atoms with Crippen LogP contribution in [-0.2, 0) is 4.79 Å². The second kappa shape index (κ2) is 6.71. The van der Waals surface area contributed by atoms with Crippen LogP contribution in [0.15, 0.2) is 18.2 Å². The van der Waals surface area contributed by atoms with E-state index in [1.54, 1.807) is 6.07 Å². The Labute approximate surface area is 128 Å². The Morgan fingerprint density at radius 1 is 1.24 bits per heavy atom. The predicted molar refractivity (Wildman–Crippen MR) is 78.5 cm³/mol. The molecule has 1 aromatic rings. The second-order valence-corrected chi connectivity index (χ2v) is 5.62. The number of carbonyl (C=O) groups excluding carboxylic acids is 1. The molecule has 2 atom stereocenters. The Kier molecular flexibility index (Phi) is 5.17. The number of amides is 1. The van der Waals surface area contributed by atoms with Gasteiger partial charge in [-0.25, -0.2) is 8.78 Å². The molecule has 1 heterocycles. The van der Waals surface area contributed by atoms with Crippen molar-refractivity contribution in [2.45, 2.75) is 31.2 Å². The molecule has 2 aliphatic rings. The zero-order valence-electron chi connectivity index (χ0n) is 11.6. The van der Waals surface area contributed by atoms with E-state index >= 15 is 0 Å². The van der Waals surface area contributed by atoms with Crippen LogP contribution in [0.1, 0.15) is 30.7 Å². The molecule has 1 aliphatic heterocycles. The Bertz CT molecular complexity index is 520. The third kappa shape index (κ3) is 3.52. The van der Waals surface area contributed by atoms with Crippen LogP contribution in [0.5, 0.6) is 0 Å². The van der Waals surface area contributed by atoms with Crippen molar-refractivity contribution in [3.63, 3.8) is 0 Å². The fourth-order valence-corrected chi connectivity index (χ4v) is 2.91. The third-order valence-electron chi connectivity index (χ3n) is 4.19. The predicted octanol–water partition coefficient (Wildman–Crippen LogP) is 2.36. The highest BCUT2D eigenvalue weighted by molar-refractivity contribution is 5.85. The summed E-state index contributed by atoms with van der Waals surface area (Å²) in [4.78, 5) is 12.1. The summed E-state index contributed by atoms with van der Waals surface area (Å²) in [7, 11) is 0. The van der Waals surface area contributed by atoms with E-state index < -0.39 is 11.6 Å². The average molecular weight is 317 g/mol. The summed E-state index contributed by atoms with van der Waals surface area (Å²) >= 11 is 0. The Hall–Kier alpha value is -1.20. The quantitative estimate of drug-likeness (QED) is 0.899. The number of nitrogens with one attached hydrogen (secondary N) is 2. The summed E-state index contributed by atoms with van der Waals surface area (Å²) in [5, 5.41) is 6.26. The minimum atomic E-state index is -0.841. The van der Waals surface area contributed by atoms with Crippen molar-refractivity contribution >= 4 is 18.3 Å². The summed E-state index contributed by atoms with van der Waals surface area (Å²) in [6.45, 7) is 1.83. The highest BCUT2D eigenvalue weighted by Gasteiger charge is 2.45. The number of halogens is 3.